The molecule has 0 unspecified atom stereocenters. The molecule has 0 aliphatic carbocycles. The Morgan fingerprint density at radius 1 is 1.18 bits per heavy atom. The van der Waals surface area contributed by atoms with E-state index in [2.05, 4.69) is 10.8 Å². The first-order chi connectivity index (χ1) is 9.89. The van der Waals surface area contributed by atoms with Crippen molar-refractivity contribution in [1.29, 1.82) is 5.41 Å². The number of esters is 1. The molecule has 1 heterocycles. The molecule has 1 aromatic rings. The fourth-order valence-electron chi connectivity index (χ4n) is 1.17. The standard InChI is InChI=1S/C13H20N2O4.CH4N2/c1-12(2,3)18-10(16)9-7-8-15(14-9)11(17)19-13(4,5)6;2-1-3/h7-8H,1-6H3;1H,(H3,2,3). The third kappa shape index (κ3) is 8.03. The fraction of sp³-hybridized carbons (Fsp3) is 0.571. The molecular formula is C14H24N4O4. The van der Waals surface area contributed by atoms with E-state index in [4.69, 9.17) is 14.9 Å². The average molecular weight is 312 g/mol. The lowest BCUT2D eigenvalue weighted by Crippen LogP contribution is -2.28. The van der Waals surface area contributed by atoms with Gasteiger partial charge in [-0.15, -0.1) is 0 Å². The van der Waals surface area contributed by atoms with E-state index in [1.54, 1.807) is 41.5 Å². The zero-order chi connectivity index (χ0) is 17.6. The quantitative estimate of drug-likeness (QED) is 0.466. The highest BCUT2D eigenvalue weighted by Crippen LogP contribution is 2.12. The van der Waals surface area contributed by atoms with Crippen molar-refractivity contribution in [1.82, 2.24) is 9.78 Å². The van der Waals surface area contributed by atoms with Gasteiger partial charge in [-0.2, -0.15) is 9.78 Å². The van der Waals surface area contributed by atoms with Crippen molar-refractivity contribution in [2.75, 3.05) is 0 Å². The Kier molecular flexibility index (Phi) is 6.76. The number of carbonyl (C=O) groups is 2. The summed E-state index contributed by atoms with van der Waals surface area (Å²) in [5.41, 5.74) is 3.24. The van der Waals surface area contributed by atoms with E-state index in [1.807, 2.05) is 0 Å². The maximum Gasteiger partial charge on any atom is 0.435 e. The predicted molar refractivity (Wildman–Crippen MR) is 82.0 cm³/mol. The highest BCUT2D eigenvalue weighted by atomic mass is 16.6. The highest BCUT2D eigenvalue weighted by Gasteiger charge is 2.22. The molecule has 124 valence electrons. The molecule has 0 saturated carbocycles. The summed E-state index contributed by atoms with van der Waals surface area (Å²) in [6, 6.07) is 1.41. The SMILES string of the molecule is CC(C)(C)OC(=O)c1ccn(C(=O)OC(C)(C)C)n1.N=CN. The Bertz CT molecular complexity index is 481. The van der Waals surface area contributed by atoms with Crippen molar-refractivity contribution in [3.05, 3.63) is 18.0 Å². The molecule has 8 heteroatoms. The van der Waals surface area contributed by atoms with Crippen LogP contribution in [0.1, 0.15) is 52.0 Å². The smallest absolute Gasteiger partial charge is 0.435 e. The normalized spacial score (nSPS) is 11.0. The zero-order valence-corrected chi connectivity index (χ0v) is 13.8. The van der Waals surface area contributed by atoms with Crippen LogP contribution in [0.4, 0.5) is 4.79 Å². The molecule has 0 fully saturated rings. The molecular weight excluding hydrogens is 288 g/mol. The number of carbonyl (C=O) groups excluding carboxylic acids is 2. The highest BCUT2D eigenvalue weighted by molar-refractivity contribution is 5.88. The predicted octanol–water partition coefficient (Wildman–Crippen LogP) is 2.17. The van der Waals surface area contributed by atoms with Gasteiger partial charge in [0.2, 0.25) is 0 Å². The molecule has 8 nitrogen and oxygen atoms in total. The van der Waals surface area contributed by atoms with Crippen LogP contribution >= 0.6 is 0 Å². The number of rotatable bonds is 1. The van der Waals surface area contributed by atoms with Gasteiger partial charge in [-0.25, -0.2) is 9.59 Å². The molecule has 0 aliphatic heterocycles. The van der Waals surface area contributed by atoms with E-state index >= 15 is 0 Å². The van der Waals surface area contributed by atoms with Crippen molar-refractivity contribution in [3.8, 4) is 0 Å². The Morgan fingerprint density at radius 3 is 2.05 bits per heavy atom. The van der Waals surface area contributed by atoms with Gasteiger partial charge in [0.25, 0.3) is 0 Å². The molecule has 0 aliphatic rings. The summed E-state index contributed by atoms with van der Waals surface area (Å²) in [6.45, 7) is 10.5. The van der Waals surface area contributed by atoms with Gasteiger partial charge in [0.05, 0.1) is 6.34 Å². The number of ether oxygens (including phenoxy) is 2. The van der Waals surface area contributed by atoms with Crippen molar-refractivity contribution in [2.24, 2.45) is 5.73 Å². The molecule has 1 rings (SSSR count). The molecule has 0 bridgehead atoms. The van der Waals surface area contributed by atoms with Crippen molar-refractivity contribution in [2.45, 2.75) is 52.7 Å². The fourth-order valence-corrected chi connectivity index (χ4v) is 1.17. The van der Waals surface area contributed by atoms with Crippen LogP contribution in [0.25, 0.3) is 0 Å². The second-order valence-corrected chi connectivity index (χ2v) is 6.29. The summed E-state index contributed by atoms with van der Waals surface area (Å²) in [5, 5.41) is 9.71. The maximum absolute atomic E-state index is 11.7. The van der Waals surface area contributed by atoms with Crippen LogP contribution in [-0.4, -0.2) is 39.4 Å². The van der Waals surface area contributed by atoms with Gasteiger partial charge in [0, 0.05) is 6.20 Å². The lowest BCUT2D eigenvalue weighted by molar-refractivity contribution is 0.00621. The van der Waals surface area contributed by atoms with Crippen molar-refractivity contribution >= 4 is 18.4 Å². The number of aromatic nitrogens is 2. The summed E-state index contributed by atoms with van der Waals surface area (Å²) in [7, 11) is 0. The van der Waals surface area contributed by atoms with Crippen molar-refractivity contribution in [3.63, 3.8) is 0 Å². The van der Waals surface area contributed by atoms with Gasteiger partial charge >= 0.3 is 12.1 Å². The van der Waals surface area contributed by atoms with E-state index in [0.29, 0.717) is 0 Å². The van der Waals surface area contributed by atoms with Crippen LogP contribution in [-0.2, 0) is 9.47 Å². The number of hydrogen-bond acceptors (Lipinski definition) is 6. The summed E-state index contributed by atoms with van der Waals surface area (Å²) in [6.07, 6.45) is 1.48. The molecule has 0 amide bonds. The summed E-state index contributed by atoms with van der Waals surface area (Å²) in [4.78, 5) is 23.4. The summed E-state index contributed by atoms with van der Waals surface area (Å²) < 4.78 is 11.3. The number of nitrogens with zero attached hydrogens (tertiary/aromatic N) is 2. The number of hydrogen-bond donors (Lipinski definition) is 2. The number of nitrogens with two attached hydrogens (primary N) is 1. The summed E-state index contributed by atoms with van der Waals surface area (Å²) in [5.74, 6) is -0.574. The third-order valence-electron chi connectivity index (χ3n) is 1.78. The maximum atomic E-state index is 11.7. The van der Waals surface area contributed by atoms with Crippen LogP contribution in [0.5, 0.6) is 0 Å². The first kappa shape index (κ1) is 19.6. The minimum absolute atomic E-state index is 0.0702. The van der Waals surface area contributed by atoms with E-state index in [0.717, 1.165) is 11.0 Å². The van der Waals surface area contributed by atoms with Gasteiger partial charge in [-0.1, -0.05) is 0 Å². The van der Waals surface area contributed by atoms with E-state index < -0.39 is 23.3 Å². The largest absolute Gasteiger partial charge is 0.455 e. The van der Waals surface area contributed by atoms with Crippen molar-refractivity contribution < 1.29 is 19.1 Å². The number of nitrogens with one attached hydrogen (secondary N) is 1. The Labute approximate surface area is 130 Å². The van der Waals surface area contributed by atoms with Crippen LogP contribution in [0.15, 0.2) is 12.3 Å². The van der Waals surface area contributed by atoms with Gasteiger partial charge in [-0.05, 0) is 47.6 Å². The first-order valence-electron chi connectivity index (χ1n) is 6.62. The molecule has 0 saturated heterocycles. The van der Waals surface area contributed by atoms with Gasteiger partial charge in [-0.3, -0.25) is 5.41 Å². The van der Waals surface area contributed by atoms with E-state index in [-0.39, 0.29) is 5.69 Å². The van der Waals surface area contributed by atoms with E-state index in [1.165, 1.54) is 12.3 Å². The minimum atomic E-state index is -0.637. The summed E-state index contributed by atoms with van der Waals surface area (Å²) >= 11 is 0. The third-order valence-corrected chi connectivity index (χ3v) is 1.78. The topological polar surface area (TPSA) is 120 Å². The van der Waals surface area contributed by atoms with Gasteiger partial charge < -0.3 is 15.2 Å². The minimum Gasteiger partial charge on any atom is -0.455 e. The van der Waals surface area contributed by atoms with Gasteiger partial charge in [0.1, 0.15) is 11.2 Å². The molecule has 22 heavy (non-hydrogen) atoms. The molecule has 1 aromatic heterocycles. The molecule has 3 N–H and O–H groups in total. The Balaban J connectivity index is 0.00000135. The average Bonchev–Trinajstić information content (AvgIpc) is 2.74. The Hall–Kier alpha value is -2.38. The Morgan fingerprint density at radius 2 is 1.64 bits per heavy atom. The monoisotopic (exact) mass is 312 g/mol. The van der Waals surface area contributed by atoms with Crippen LogP contribution < -0.4 is 5.73 Å². The van der Waals surface area contributed by atoms with Crippen LogP contribution in [0.2, 0.25) is 0 Å². The second-order valence-electron chi connectivity index (χ2n) is 6.29. The second kappa shape index (κ2) is 7.58. The first-order valence-corrected chi connectivity index (χ1v) is 6.62. The molecule has 0 radical (unpaired) electrons. The lowest BCUT2D eigenvalue weighted by atomic mass is 10.2. The van der Waals surface area contributed by atoms with Crippen LogP contribution in [0.3, 0.4) is 0 Å². The van der Waals surface area contributed by atoms with Crippen LogP contribution in [0, 0.1) is 5.41 Å². The lowest BCUT2D eigenvalue weighted by Gasteiger charge is -2.19. The molecule has 0 aromatic carbocycles. The molecule has 0 atom stereocenters. The van der Waals surface area contributed by atoms with E-state index in [9.17, 15) is 9.59 Å². The molecule has 0 spiro atoms. The zero-order valence-electron chi connectivity index (χ0n) is 13.8. The van der Waals surface area contributed by atoms with Gasteiger partial charge in [0.15, 0.2) is 5.69 Å².